The van der Waals surface area contributed by atoms with Crippen LogP contribution in [0.3, 0.4) is 0 Å². The molecule has 2 aliphatic carbocycles. The number of aryl methyl sites for hydroxylation is 1. The molecule has 0 bridgehead atoms. The summed E-state index contributed by atoms with van der Waals surface area (Å²) in [5, 5.41) is 18.0. The first-order valence-electron chi connectivity index (χ1n) is 17.7. The van der Waals surface area contributed by atoms with Gasteiger partial charge < -0.3 is 15.1 Å². The van der Waals surface area contributed by atoms with Crippen molar-refractivity contribution in [1.82, 2.24) is 4.90 Å². The summed E-state index contributed by atoms with van der Waals surface area (Å²) in [5.41, 5.74) is 4.80. The van der Waals surface area contributed by atoms with Gasteiger partial charge >= 0.3 is 0 Å². The van der Waals surface area contributed by atoms with Gasteiger partial charge in [-0.2, -0.15) is 0 Å². The maximum atomic E-state index is 11.1. The van der Waals surface area contributed by atoms with E-state index in [1.807, 2.05) is 71.9 Å². The monoisotopic (exact) mass is 602 g/mol. The van der Waals surface area contributed by atoms with Crippen LogP contribution in [-0.2, 0) is 0 Å². The lowest BCUT2D eigenvalue weighted by molar-refractivity contribution is 0.0988. The summed E-state index contributed by atoms with van der Waals surface area (Å²) in [6, 6.07) is 7.67. The highest BCUT2D eigenvalue weighted by molar-refractivity contribution is 5.95. The number of hydrogen-bond donors (Lipinski definition) is 2. The van der Waals surface area contributed by atoms with Crippen LogP contribution in [-0.4, -0.2) is 47.6 Å². The summed E-state index contributed by atoms with van der Waals surface area (Å²) >= 11 is 0. The molecule has 1 saturated carbocycles. The molecule has 0 amide bonds. The van der Waals surface area contributed by atoms with Gasteiger partial charge in [0, 0.05) is 31.6 Å². The number of allylic oxidation sites excluding steroid dienone is 4. The number of benzene rings is 1. The number of Topliss-reactive ketones (excluding diaryl/α,β-unsaturated/α-hetero) is 1. The van der Waals surface area contributed by atoms with Crippen molar-refractivity contribution in [1.29, 1.82) is 0 Å². The maximum Gasteiger partial charge on any atom is 0.162 e. The Labute approximate surface area is 268 Å². The molecule has 2 atom stereocenters. The first-order valence-corrected chi connectivity index (χ1v) is 17.7. The number of carbonyl (C=O) groups is 1. The van der Waals surface area contributed by atoms with E-state index >= 15 is 0 Å². The third kappa shape index (κ3) is 20.6. The second-order valence-electron chi connectivity index (χ2n) is 11.6. The molecule has 2 N–H and O–H groups in total. The zero-order valence-electron chi connectivity index (χ0n) is 30.1. The van der Waals surface area contributed by atoms with Crippen molar-refractivity contribution < 1.29 is 15.0 Å². The Hall–Kier alpha value is -1.91. The molecule has 0 spiro atoms. The van der Waals surface area contributed by atoms with Crippen LogP contribution in [0, 0.1) is 18.8 Å². The molecule has 4 heteroatoms. The summed E-state index contributed by atoms with van der Waals surface area (Å²) in [5.74, 6) is 2.72. The van der Waals surface area contributed by atoms with E-state index in [0.717, 1.165) is 49.5 Å². The quantitative estimate of drug-likeness (QED) is 0.164. The lowest BCUT2D eigenvalue weighted by Crippen LogP contribution is -2.36. The van der Waals surface area contributed by atoms with Crippen LogP contribution in [0.5, 0.6) is 0 Å². The van der Waals surface area contributed by atoms with Crippen molar-refractivity contribution in [3.63, 3.8) is 0 Å². The molecule has 43 heavy (non-hydrogen) atoms. The third-order valence-electron chi connectivity index (χ3n) is 8.11. The molecule has 2 unspecified atom stereocenters. The Morgan fingerprint density at radius 3 is 2.00 bits per heavy atom. The standard InChI is InChI=1S/C15H31NO.C10H12O.C10H16O.2C2H6/c1-3-4-11-16(2)13-15-10-9-14(15)8-6-5-7-12-17;1-3-10(11)9-6-4-8(2)5-7-9;1-3-4-9-7-10(11)6-5-8(9)2;2*1-2/h14-15,17H,3-13H2,1-2H3;4-7H,3H2,1-2H3;7,11H,3-6H2,1-2H3;2*1-2H3. The first-order chi connectivity index (χ1) is 20.7. The van der Waals surface area contributed by atoms with E-state index in [2.05, 4.69) is 32.7 Å². The minimum Gasteiger partial charge on any atom is -0.512 e. The average Bonchev–Trinajstić information content (AvgIpc) is 3.02. The molecular weight excluding hydrogens is 530 g/mol. The van der Waals surface area contributed by atoms with Gasteiger partial charge in [0.15, 0.2) is 5.78 Å². The molecule has 0 saturated heterocycles. The zero-order chi connectivity index (χ0) is 33.0. The second kappa shape index (κ2) is 28.8. The lowest BCUT2D eigenvalue weighted by Gasteiger charge is -2.39. The first kappa shape index (κ1) is 43.2. The molecule has 0 aromatic heterocycles. The van der Waals surface area contributed by atoms with Gasteiger partial charge in [-0.1, -0.05) is 116 Å². The number of unbranched alkanes of at least 4 members (excludes halogenated alkanes) is 3. The molecule has 250 valence electrons. The molecule has 0 heterocycles. The van der Waals surface area contributed by atoms with Crippen LogP contribution in [0.15, 0.2) is 47.2 Å². The number of hydrogen-bond acceptors (Lipinski definition) is 4. The van der Waals surface area contributed by atoms with Crippen LogP contribution in [0.4, 0.5) is 0 Å². The predicted molar refractivity (Wildman–Crippen MR) is 190 cm³/mol. The van der Waals surface area contributed by atoms with E-state index in [0.29, 0.717) is 18.8 Å². The van der Waals surface area contributed by atoms with Crippen molar-refractivity contribution in [2.24, 2.45) is 11.8 Å². The smallest absolute Gasteiger partial charge is 0.162 e. The van der Waals surface area contributed by atoms with Crippen molar-refractivity contribution in [3.8, 4) is 0 Å². The Balaban J connectivity index is 0. The van der Waals surface area contributed by atoms with E-state index in [1.165, 1.54) is 74.7 Å². The van der Waals surface area contributed by atoms with E-state index < -0.39 is 0 Å². The highest BCUT2D eigenvalue weighted by Crippen LogP contribution is 2.38. The summed E-state index contributed by atoms with van der Waals surface area (Å²) in [4.78, 5) is 13.6. The van der Waals surface area contributed by atoms with E-state index in [1.54, 1.807) is 0 Å². The topological polar surface area (TPSA) is 60.8 Å². The fourth-order valence-electron chi connectivity index (χ4n) is 5.24. The van der Waals surface area contributed by atoms with E-state index in [4.69, 9.17) is 5.11 Å². The average molecular weight is 602 g/mol. The number of nitrogens with zero attached hydrogens (tertiary/aromatic N) is 1. The molecule has 4 nitrogen and oxygen atoms in total. The van der Waals surface area contributed by atoms with Gasteiger partial charge in [0.2, 0.25) is 0 Å². The molecule has 1 aromatic rings. The van der Waals surface area contributed by atoms with Crippen molar-refractivity contribution in [3.05, 3.63) is 58.4 Å². The number of aliphatic hydroxyl groups excluding tert-OH is 2. The third-order valence-corrected chi connectivity index (χ3v) is 8.11. The van der Waals surface area contributed by atoms with Gasteiger partial charge in [0.25, 0.3) is 0 Å². The van der Waals surface area contributed by atoms with Crippen molar-refractivity contribution >= 4 is 5.78 Å². The van der Waals surface area contributed by atoms with Crippen molar-refractivity contribution in [2.75, 3.05) is 26.7 Å². The number of rotatable bonds is 14. The van der Waals surface area contributed by atoms with Gasteiger partial charge in [-0.15, -0.1) is 0 Å². The Morgan fingerprint density at radius 1 is 0.860 bits per heavy atom. The largest absolute Gasteiger partial charge is 0.512 e. The molecule has 0 radical (unpaired) electrons. The van der Waals surface area contributed by atoms with Gasteiger partial charge in [-0.3, -0.25) is 4.79 Å². The Morgan fingerprint density at radius 2 is 1.49 bits per heavy atom. The summed E-state index contributed by atoms with van der Waals surface area (Å²) in [6.07, 6.45) is 17.1. The summed E-state index contributed by atoms with van der Waals surface area (Å²) in [6.45, 7) is 21.4. The van der Waals surface area contributed by atoms with E-state index in [-0.39, 0.29) is 5.78 Å². The van der Waals surface area contributed by atoms with Gasteiger partial charge in [-0.05, 0) is 89.4 Å². The maximum absolute atomic E-state index is 11.1. The number of ketones is 1. The van der Waals surface area contributed by atoms with Gasteiger partial charge in [-0.25, -0.2) is 0 Å². The molecule has 2 aliphatic rings. The Kier molecular flexibility index (Phi) is 29.0. The molecular formula is C39H71NO3. The fraction of sp³-hybridized carbons (Fsp3) is 0.718. The van der Waals surface area contributed by atoms with Crippen LogP contribution in [0.1, 0.15) is 155 Å². The van der Waals surface area contributed by atoms with Crippen LogP contribution in [0.2, 0.25) is 0 Å². The predicted octanol–water partition coefficient (Wildman–Crippen LogP) is 11.3. The van der Waals surface area contributed by atoms with Crippen LogP contribution >= 0.6 is 0 Å². The second-order valence-corrected chi connectivity index (χ2v) is 11.6. The van der Waals surface area contributed by atoms with Gasteiger partial charge in [0.05, 0.1) is 5.76 Å². The van der Waals surface area contributed by atoms with Crippen molar-refractivity contribution in [2.45, 2.75) is 146 Å². The molecule has 3 rings (SSSR count). The number of aliphatic hydroxyl groups is 2. The zero-order valence-corrected chi connectivity index (χ0v) is 30.1. The van der Waals surface area contributed by atoms with Gasteiger partial charge in [0.1, 0.15) is 0 Å². The normalized spacial score (nSPS) is 17.0. The lowest BCUT2D eigenvalue weighted by atomic mass is 9.71. The summed E-state index contributed by atoms with van der Waals surface area (Å²) < 4.78 is 0. The SMILES string of the molecule is CC.CC.CCC(=O)c1ccc(C)cc1.CCCC1=C(C)CCC(O)=C1.CCCCN(C)CC1CCC1CCCCCO. The van der Waals surface area contributed by atoms with Crippen LogP contribution in [0.25, 0.3) is 0 Å². The number of carbonyl (C=O) groups excluding carboxylic acids is 1. The Bertz CT molecular complexity index is 856. The molecule has 1 fully saturated rings. The fourth-order valence-corrected chi connectivity index (χ4v) is 5.24. The van der Waals surface area contributed by atoms with E-state index in [9.17, 15) is 9.90 Å². The highest BCUT2D eigenvalue weighted by atomic mass is 16.3. The van der Waals surface area contributed by atoms with Crippen LogP contribution < -0.4 is 0 Å². The molecule has 0 aliphatic heterocycles. The minimum absolute atomic E-state index is 0.213. The molecule has 1 aromatic carbocycles. The summed E-state index contributed by atoms with van der Waals surface area (Å²) in [7, 11) is 2.27. The highest BCUT2D eigenvalue weighted by Gasteiger charge is 2.30. The minimum atomic E-state index is 0.213.